The van der Waals surface area contributed by atoms with Crippen LogP contribution in [-0.2, 0) is 0 Å². The van der Waals surface area contributed by atoms with Crippen molar-refractivity contribution in [1.82, 2.24) is 0 Å². The van der Waals surface area contributed by atoms with Crippen molar-refractivity contribution in [2.75, 3.05) is 0 Å². The maximum Gasteiger partial charge on any atom is 0.200 e. The molecule has 0 bridgehead atoms. The minimum absolute atomic E-state index is 0.133. The van der Waals surface area contributed by atoms with Crippen LogP contribution in [0.25, 0.3) is 177 Å². The van der Waals surface area contributed by atoms with Crippen molar-refractivity contribution in [3.05, 3.63) is 320 Å². The van der Waals surface area contributed by atoms with Crippen molar-refractivity contribution in [3.8, 4) is 89.0 Å². The van der Waals surface area contributed by atoms with Crippen molar-refractivity contribution in [2.45, 2.75) is 0 Å². The van der Waals surface area contributed by atoms with E-state index < -0.39 is 0 Å². The van der Waals surface area contributed by atoms with E-state index in [2.05, 4.69) is 48.5 Å². The maximum atomic E-state index is 14.7. The fraction of sp³-hybridized carbons (Fsp3) is 0. The van der Waals surface area contributed by atoms with E-state index in [1.807, 2.05) is 212 Å². The Labute approximate surface area is 511 Å². The second-order valence-corrected chi connectivity index (χ2v) is 22.9. The van der Waals surface area contributed by atoms with Crippen molar-refractivity contribution in [2.24, 2.45) is 0 Å². The van der Waals surface area contributed by atoms with Crippen molar-refractivity contribution < 1.29 is 17.7 Å². The molecule has 0 aliphatic carbocycles. The standard InChI is InChI=1S/C82H46O8/c83-79-62-29-20-59(58-27-36-76-70(44-58)81(85)66-40-54(23-32-72(66)88-76)51-18-10-17-50(37-51)47-11-4-1-5-12-47)45-77(62)90-78-46-60(21-30-63(78)79)61-28-19-53(38-64(61)49-15-8-3-9-16-49)55-24-33-73-67(41-55)82(86)69-43-57(26-35-75(69)89-73)56-25-34-74-68(42-56)80(84)65-39-52(22-31-71(65)87-74)48-13-6-2-7-14-48/h1-46H. The molecule has 17 aromatic rings. The van der Waals surface area contributed by atoms with Crippen molar-refractivity contribution in [3.63, 3.8) is 0 Å². The maximum absolute atomic E-state index is 14.7. The average Bonchev–Trinajstić information content (AvgIpc) is 0.986. The average molecular weight is 1160 g/mol. The van der Waals surface area contributed by atoms with E-state index in [0.29, 0.717) is 87.8 Å². The molecule has 17 rings (SSSR count). The summed E-state index contributed by atoms with van der Waals surface area (Å²) < 4.78 is 25.7. The Hall–Kier alpha value is -12.3. The van der Waals surface area contributed by atoms with Gasteiger partial charge in [0, 0.05) is 0 Å². The van der Waals surface area contributed by atoms with E-state index in [-0.39, 0.29) is 21.7 Å². The van der Waals surface area contributed by atoms with Crippen LogP contribution < -0.4 is 21.7 Å². The van der Waals surface area contributed by atoms with Gasteiger partial charge in [0.15, 0.2) is 0 Å². The van der Waals surface area contributed by atoms with Gasteiger partial charge in [-0.15, -0.1) is 0 Å². The molecular weight excluding hydrogens is 1110 g/mol. The first-order valence-corrected chi connectivity index (χ1v) is 29.6. The molecular formula is C82H46O8. The van der Waals surface area contributed by atoms with Crippen LogP contribution in [-0.4, -0.2) is 0 Å². The van der Waals surface area contributed by atoms with Gasteiger partial charge < -0.3 is 17.7 Å². The van der Waals surface area contributed by atoms with Crippen LogP contribution in [0.5, 0.6) is 0 Å². The number of fused-ring (bicyclic) bond motifs is 8. The fourth-order valence-electron chi connectivity index (χ4n) is 12.8. The van der Waals surface area contributed by atoms with Gasteiger partial charge in [0.25, 0.3) is 0 Å². The molecule has 0 atom stereocenters. The van der Waals surface area contributed by atoms with Crippen LogP contribution >= 0.6 is 0 Å². The Morgan fingerprint density at radius 1 is 0.156 bits per heavy atom. The molecule has 0 amide bonds. The number of rotatable bonds is 8. The zero-order valence-corrected chi connectivity index (χ0v) is 47.8. The molecule has 8 nitrogen and oxygen atoms in total. The molecule has 13 aromatic carbocycles. The van der Waals surface area contributed by atoms with Crippen LogP contribution in [0.2, 0.25) is 0 Å². The second kappa shape index (κ2) is 20.7. The smallest absolute Gasteiger partial charge is 0.200 e. The van der Waals surface area contributed by atoms with Crippen LogP contribution in [0.4, 0.5) is 0 Å². The molecule has 4 heterocycles. The summed E-state index contributed by atoms with van der Waals surface area (Å²) >= 11 is 0. The SMILES string of the molecule is O=c1c2ccc(-c3ccc4oc5ccc(-c6cccc(-c7ccccc7)c6)cc5c(=O)c4c3)cc2oc2cc(-c3ccc(-c4ccc5oc6ccc(-c7ccc8oc9ccc(-c%10ccccc%10)cc9c(=O)c8c7)cc6c(=O)c5c4)cc3-c3ccccc3)ccc12. The van der Waals surface area contributed by atoms with Crippen molar-refractivity contribution in [1.29, 1.82) is 0 Å². The number of benzene rings is 13. The summed E-state index contributed by atoms with van der Waals surface area (Å²) in [5, 5.41) is 3.59. The highest BCUT2D eigenvalue weighted by Crippen LogP contribution is 2.40. The first-order chi connectivity index (χ1) is 44.2. The van der Waals surface area contributed by atoms with Gasteiger partial charge >= 0.3 is 0 Å². The van der Waals surface area contributed by atoms with Gasteiger partial charge in [0.05, 0.1) is 43.1 Å². The lowest BCUT2D eigenvalue weighted by Crippen LogP contribution is -2.03. The molecule has 422 valence electrons. The highest BCUT2D eigenvalue weighted by molar-refractivity contribution is 6.00. The molecule has 8 heteroatoms. The Bertz CT molecular complexity index is 6120. The predicted molar refractivity (Wildman–Crippen MR) is 364 cm³/mol. The lowest BCUT2D eigenvalue weighted by Gasteiger charge is -2.14. The first kappa shape index (κ1) is 52.1. The van der Waals surface area contributed by atoms with Crippen LogP contribution in [0, 0.1) is 0 Å². The van der Waals surface area contributed by atoms with Crippen molar-refractivity contribution >= 4 is 87.8 Å². The minimum Gasteiger partial charge on any atom is -0.456 e. The Morgan fingerprint density at radius 2 is 0.422 bits per heavy atom. The quantitative estimate of drug-likeness (QED) is 0.138. The molecule has 0 aliphatic heterocycles. The lowest BCUT2D eigenvalue weighted by atomic mass is 9.90. The van der Waals surface area contributed by atoms with E-state index in [1.54, 1.807) is 18.2 Å². The van der Waals surface area contributed by atoms with E-state index in [4.69, 9.17) is 17.7 Å². The van der Waals surface area contributed by atoms with Gasteiger partial charge in [0.2, 0.25) is 21.7 Å². The third kappa shape index (κ3) is 8.84. The molecule has 0 aliphatic rings. The molecule has 4 aromatic heterocycles. The van der Waals surface area contributed by atoms with Gasteiger partial charge in [0.1, 0.15) is 44.7 Å². The summed E-state index contributed by atoms with van der Waals surface area (Å²) in [6.07, 6.45) is 0. The third-order valence-corrected chi connectivity index (χ3v) is 17.5. The molecule has 0 unspecified atom stereocenters. The van der Waals surface area contributed by atoms with Crippen LogP contribution in [0.3, 0.4) is 0 Å². The lowest BCUT2D eigenvalue weighted by molar-refractivity contribution is 0.659. The van der Waals surface area contributed by atoms with Gasteiger partial charge in [-0.1, -0.05) is 170 Å². The second-order valence-electron chi connectivity index (χ2n) is 22.9. The molecule has 0 spiro atoms. The molecule has 0 N–H and O–H groups in total. The fourth-order valence-corrected chi connectivity index (χ4v) is 12.8. The molecule has 90 heavy (non-hydrogen) atoms. The summed E-state index contributed by atoms with van der Waals surface area (Å²) in [5.74, 6) is 0. The molecule has 0 saturated carbocycles. The Kier molecular flexibility index (Phi) is 12.0. The van der Waals surface area contributed by atoms with Gasteiger partial charge in [-0.3, -0.25) is 19.2 Å². The monoisotopic (exact) mass is 1160 g/mol. The Morgan fingerprint density at radius 3 is 0.833 bits per heavy atom. The molecule has 0 radical (unpaired) electrons. The van der Waals surface area contributed by atoms with E-state index >= 15 is 0 Å². The summed E-state index contributed by atoms with van der Waals surface area (Å²) in [6, 6.07) is 89.7. The highest BCUT2D eigenvalue weighted by Gasteiger charge is 2.19. The number of hydrogen-bond donors (Lipinski definition) is 0. The Balaban J connectivity index is 0.703. The van der Waals surface area contributed by atoms with Crippen LogP contribution in [0.1, 0.15) is 0 Å². The van der Waals surface area contributed by atoms with E-state index in [0.717, 1.165) is 89.0 Å². The van der Waals surface area contributed by atoms with Crippen LogP contribution in [0.15, 0.2) is 316 Å². The predicted octanol–water partition coefficient (Wildman–Crippen LogP) is 20.1. The van der Waals surface area contributed by atoms with Gasteiger partial charge in [-0.25, -0.2) is 0 Å². The van der Waals surface area contributed by atoms with Gasteiger partial charge in [-0.05, 0) is 198 Å². The zero-order valence-electron chi connectivity index (χ0n) is 47.8. The first-order valence-electron chi connectivity index (χ1n) is 29.6. The largest absolute Gasteiger partial charge is 0.456 e. The normalized spacial score (nSPS) is 11.7. The zero-order chi connectivity index (χ0) is 60.1. The summed E-state index contributed by atoms with van der Waals surface area (Å²) in [5.41, 5.74) is 17.5. The summed E-state index contributed by atoms with van der Waals surface area (Å²) in [4.78, 5) is 57.5. The third-order valence-electron chi connectivity index (χ3n) is 17.5. The van der Waals surface area contributed by atoms with E-state index in [1.165, 1.54) is 0 Å². The topological polar surface area (TPSA) is 121 Å². The van der Waals surface area contributed by atoms with Gasteiger partial charge in [-0.2, -0.15) is 0 Å². The minimum atomic E-state index is -0.179. The summed E-state index contributed by atoms with van der Waals surface area (Å²) in [7, 11) is 0. The summed E-state index contributed by atoms with van der Waals surface area (Å²) in [6.45, 7) is 0. The number of hydrogen-bond acceptors (Lipinski definition) is 8. The molecule has 0 saturated heterocycles. The molecule has 0 fully saturated rings. The van der Waals surface area contributed by atoms with E-state index in [9.17, 15) is 19.2 Å². The highest BCUT2D eigenvalue weighted by atomic mass is 16.3.